The Bertz CT molecular complexity index is 450. The standard InChI is InChI=1S/C13H17N3O/c1-4-6-11(2)9-14-15-13(17)12-7-5-8-16(3)10-12/h5-10H,4H2,1-3H3/p+1/b11-6+,14-9-. The Labute approximate surface area is 102 Å². The Balaban J connectivity index is 2.59. The van der Waals surface area contributed by atoms with Gasteiger partial charge in [0, 0.05) is 12.3 Å². The number of carbonyl (C=O) groups is 1. The van der Waals surface area contributed by atoms with Crippen LogP contribution in [0, 0.1) is 0 Å². The highest BCUT2D eigenvalue weighted by molar-refractivity contribution is 5.94. The van der Waals surface area contributed by atoms with Crippen molar-refractivity contribution in [3.63, 3.8) is 0 Å². The van der Waals surface area contributed by atoms with Gasteiger partial charge in [-0.1, -0.05) is 13.0 Å². The highest BCUT2D eigenvalue weighted by Gasteiger charge is 2.06. The van der Waals surface area contributed by atoms with Crippen molar-refractivity contribution in [1.82, 2.24) is 5.43 Å². The van der Waals surface area contributed by atoms with Gasteiger partial charge in [0.2, 0.25) is 0 Å². The Kier molecular flexibility index (Phi) is 5.07. The van der Waals surface area contributed by atoms with Gasteiger partial charge in [0.15, 0.2) is 12.4 Å². The fraction of sp³-hybridized carbons (Fsp3) is 0.308. The fourth-order valence-corrected chi connectivity index (χ4v) is 1.35. The molecule has 1 amide bonds. The van der Waals surface area contributed by atoms with Crippen LogP contribution in [0.15, 0.2) is 41.3 Å². The summed E-state index contributed by atoms with van der Waals surface area (Å²) in [6.07, 6.45) is 8.26. The third kappa shape index (κ3) is 4.59. The second-order valence-electron chi connectivity index (χ2n) is 3.81. The molecule has 4 heteroatoms. The van der Waals surface area contributed by atoms with E-state index in [2.05, 4.69) is 17.5 Å². The van der Waals surface area contributed by atoms with Gasteiger partial charge in [-0.3, -0.25) is 4.79 Å². The van der Waals surface area contributed by atoms with Crippen molar-refractivity contribution in [3.8, 4) is 0 Å². The van der Waals surface area contributed by atoms with Crippen LogP contribution in [-0.2, 0) is 7.05 Å². The summed E-state index contributed by atoms with van der Waals surface area (Å²) in [6.45, 7) is 4.00. The Hall–Kier alpha value is -1.97. The first-order valence-electron chi connectivity index (χ1n) is 5.59. The summed E-state index contributed by atoms with van der Waals surface area (Å²) in [5.41, 5.74) is 4.11. The minimum atomic E-state index is -0.207. The van der Waals surface area contributed by atoms with Gasteiger partial charge in [0.25, 0.3) is 5.91 Å². The molecule has 0 saturated carbocycles. The van der Waals surface area contributed by atoms with Crippen LogP contribution in [0.4, 0.5) is 0 Å². The third-order valence-electron chi connectivity index (χ3n) is 2.16. The molecular weight excluding hydrogens is 214 g/mol. The molecule has 0 aliphatic carbocycles. The minimum Gasteiger partial charge on any atom is -0.267 e. The van der Waals surface area contributed by atoms with Gasteiger partial charge in [0.05, 0.1) is 0 Å². The smallest absolute Gasteiger partial charge is 0.267 e. The normalized spacial score (nSPS) is 11.8. The van der Waals surface area contributed by atoms with Gasteiger partial charge in [-0.05, 0) is 25.0 Å². The van der Waals surface area contributed by atoms with Crippen molar-refractivity contribution in [2.24, 2.45) is 12.1 Å². The number of hydrogen-bond donors (Lipinski definition) is 1. The molecule has 0 aliphatic rings. The lowest BCUT2D eigenvalue weighted by atomic mass is 10.3. The molecular formula is C13H18N3O+. The summed E-state index contributed by atoms with van der Waals surface area (Å²) >= 11 is 0. The van der Waals surface area contributed by atoms with Crippen LogP contribution in [0.25, 0.3) is 0 Å². The average molecular weight is 232 g/mol. The molecule has 1 N–H and O–H groups in total. The average Bonchev–Trinajstić information content (AvgIpc) is 2.29. The van der Waals surface area contributed by atoms with E-state index >= 15 is 0 Å². The van der Waals surface area contributed by atoms with E-state index in [1.807, 2.05) is 36.9 Å². The molecule has 0 aliphatic heterocycles. The van der Waals surface area contributed by atoms with Crippen LogP contribution in [-0.4, -0.2) is 12.1 Å². The highest BCUT2D eigenvalue weighted by atomic mass is 16.2. The molecule has 0 fully saturated rings. The first-order chi connectivity index (χ1) is 8.13. The van der Waals surface area contributed by atoms with Crippen molar-refractivity contribution < 1.29 is 9.36 Å². The van der Waals surface area contributed by atoms with E-state index < -0.39 is 0 Å². The number of amides is 1. The summed E-state index contributed by atoms with van der Waals surface area (Å²) in [4.78, 5) is 11.7. The fourth-order valence-electron chi connectivity index (χ4n) is 1.35. The first kappa shape index (κ1) is 13.1. The van der Waals surface area contributed by atoms with Crippen LogP contribution >= 0.6 is 0 Å². The number of aryl methyl sites for hydroxylation is 1. The van der Waals surface area contributed by atoms with Crippen LogP contribution in [0.2, 0.25) is 0 Å². The van der Waals surface area contributed by atoms with Crippen molar-refractivity contribution in [2.45, 2.75) is 20.3 Å². The number of carbonyl (C=O) groups excluding carboxylic acids is 1. The van der Waals surface area contributed by atoms with E-state index in [1.165, 1.54) is 0 Å². The van der Waals surface area contributed by atoms with Crippen molar-refractivity contribution in [3.05, 3.63) is 41.7 Å². The molecule has 0 aromatic carbocycles. The Morgan fingerprint density at radius 3 is 3.00 bits per heavy atom. The van der Waals surface area contributed by atoms with Gasteiger partial charge in [-0.25, -0.2) is 9.99 Å². The van der Waals surface area contributed by atoms with E-state index in [9.17, 15) is 4.79 Å². The van der Waals surface area contributed by atoms with Gasteiger partial charge >= 0.3 is 0 Å². The van der Waals surface area contributed by atoms with Crippen molar-refractivity contribution in [2.75, 3.05) is 0 Å². The number of allylic oxidation sites excluding steroid dienone is 2. The number of nitrogens with zero attached hydrogens (tertiary/aromatic N) is 2. The lowest BCUT2D eigenvalue weighted by Crippen LogP contribution is -2.29. The molecule has 0 saturated heterocycles. The number of pyridine rings is 1. The van der Waals surface area contributed by atoms with Gasteiger partial charge in [-0.15, -0.1) is 0 Å². The number of nitrogens with one attached hydrogen (secondary N) is 1. The van der Waals surface area contributed by atoms with Gasteiger partial charge < -0.3 is 0 Å². The molecule has 0 radical (unpaired) electrons. The van der Waals surface area contributed by atoms with E-state index in [1.54, 1.807) is 18.5 Å². The quantitative estimate of drug-likeness (QED) is 0.478. The molecule has 17 heavy (non-hydrogen) atoms. The molecule has 0 unspecified atom stereocenters. The molecule has 0 atom stereocenters. The molecule has 1 rings (SSSR count). The van der Waals surface area contributed by atoms with Crippen molar-refractivity contribution >= 4 is 12.1 Å². The molecule has 4 nitrogen and oxygen atoms in total. The molecule has 1 aromatic rings. The second kappa shape index (κ2) is 6.58. The number of hydrogen-bond acceptors (Lipinski definition) is 2. The number of rotatable bonds is 4. The third-order valence-corrected chi connectivity index (χ3v) is 2.16. The zero-order chi connectivity index (χ0) is 12.7. The minimum absolute atomic E-state index is 0.207. The summed E-state index contributed by atoms with van der Waals surface area (Å²) in [6, 6.07) is 3.57. The summed E-state index contributed by atoms with van der Waals surface area (Å²) in [5, 5.41) is 3.89. The topological polar surface area (TPSA) is 45.3 Å². The summed E-state index contributed by atoms with van der Waals surface area (Å²) in [5.74, 6) is -0.207. The largest absolute Gasteiger partial charge is 0.277 e. The Morgan fingerprint density at radius 1 is 1.59 bits per heavy atom. The van der Waals surface area contributed by atoms with Gasteiger partial charge in [-0.2, -0.15) is 5.10 Å². The SMILES string of the molecule is CC/C=C(C)/C=N\NC(=O)c1ccc[n+](C)c1. The highest BCUT2D eigenvalue weighted by Crippen LogP contribution is 1.94. The van der Waals surface area contributed by atoms with E-state index in [-0.39, 0.29) is 5.91 Å². The van der Waals surface area contributed by atoms with E-state index in [0.29, 0.717) is 5.56 Å². The molecule has 90 valence electrons. The zero-order valence-electron chi connectivity index (χ0n) is 10.5. The van der Waals surface area contributed by atoms with Crippen molar-refractivity contribution in [1.29, 1.82) is 0 Å². The number of hydrazone groups is 1. The summed E-state index contributed by atoms with van der Waals surface area (Å²) < 4.78 is 1.82. The molecule has 0 bridgehead atoms. The monoisotopic (exact) mass is 232 g/mol. The first-order valence-corrected chi connectivity index (χ1v) is 5.59. The Morgan fingerprint density at radius 2 is 2.35 bits per heavy atom. The van der Waals surface area contributed by atoms with Gasteiger partial charge in [0.1, 0.15) is 12.6 Å². The predicted octanol–water partition coefficient (Wildman–Crippen LogP) is 1.58. The predicted molar refractivity (Wildman–Crippen MR) is 67.6 cm³/mol. The van der Waals surface area contributed by atoms with E-state index in [0.717, 1.165) is 12.0 Å². The lowest BCUT2D eigenvalue weighted by Gasteiger charge is -1.97. The molecule has 1 aromatic heterocycles. The maximum atomic E-state index is 11.7. The maximum Gasteiger partial charge on any atom is 0.277 e. The summed E-state index contributed by atoms with van der Waals surface area (Å²) in [7, 11) is 1.87. The van der Waals surface area contributed by atoms with Crippen LogP contribution in [0.5, 0.6) is 0 Å². The second-order valence-corrected chi connectivity index (χ2v) is 3.81. The zero-order valence-corrected chi connectivity index (χ0v) is 10.5. The number of aromatic nitrogens is 1. The lowest BCUT2D eigenvalue weighted by molar-refractivity contribution is -0.671. The van der Waals surface area contributed by atoms with Crippen LogP contribution in [0.3, 0.4) is 0 Å². The molecule has 0 spiro atoms. The molecule has 1 heterocycles. The maximum absolute atomic E-state index is 11.7. The van der Waals surface area contributed by atoms with Crippen LogP contribution < -0.4 is 9.99 Å². The van der Waals surface area contributed by atoms with Crippen LogP contribution in [0.1, 0.15) is 30.6 Å². The van der Waals surface area contributed by atoms with E-state index in [4.69, 9.17) is 0 Å².